The first kappa shape index (κ1) is 15.9. The lowest BCUT2D eigenvalue weighted by Crippen LogP contribution is -2.31. The third-order valence-electron chi connectivity index (χ3n) is 3.47. The number of halogens is 3. The molecular weight excluding hydrogens is 294 g/mol. The molecule has 21 heavy (non-hydrogen) atoms. The van der Waals surface area contributed by atoms with Crippen LogP contribution in [0.2, 0.25) is 5.02 Å². The topological polar surface area (TPSA) is 29.3 Å². The average Bonchev–Trinajstić information content (AvgIpc) is 2.45. The van der Waals surface area contributed by atoms with Crippen molar-refractivity contribution in [3.05, 3.63) is 70.2 Å². The fourth-order valence-corrected chi connectivity index (χ4v) is 2.64. The predicted octanol–water partition coefficient (Wildman–Crippen LogP) is 3.75. The van der Waals surface area contributed by atoms with E-state index in [1.807, 2.05) is 0 Å². The number of rotatable bonds is 5. The molecule has 2 aromatic carbocycles. The average molecular weight is 311 g/mol. The molecule has 1 atom stereocenters. The molecule has 2 aromatic rings. The van der Waals surface area contributed by atoms with Gasteiger partial charge in [-0.15, -0.1) is 0 Å². The zero-order valence-corrected chi connectivity index (χ0v) is 12.4. The molecule has 0 radical (unpaired) electrons. The van der Waals surface area contributed by atoms with E-state index in [2.05, 4.69) is 0 Å². The third-order valence-corrected chi connectivity index (χ3v) is 3.80. The molecule has 0 aliphatic carbocycles. The van der Waals surface area contributed by atoms with Gasteiger partial charge in [-0.3, -0.25) is 4.90 Å². The number of hydrogen-bond acceptors (Lipinski definition) is 2. The van der Waals surface area contributed by atoms with Crippen molar-refractivity contribution in [2.45, 2.75) is 12.6 Å². The Morgan fingerprint density at radius 2 is 1.76 bits per heavy atom. The molecule has 2 rings (SSSR count). The molecule has 0 fully saturated rings. The van der Waals surface area contributed by atoms with Gasteiger partial charge in [0, 0.05) is 29.2 Å². The van der Waals surface area contributed by atoms with Crippen molar-refractivity contribution >= 4 is 11.6 Å². The molecule has 0 aliphatic heterocycles. The summed E-state index contributed by atoms with van der Waals surface area (Å²) in [5.74, 6) is -0.696. The predicted molar refractivity (Wildman–Crippen MR) is 81.1 cm³/mol. The van der Waals surface area contributed by atoms with Crippen LogP contribution in [0.4, 0.5) is 8.78 Å². The third kappa shape index (κ3) is 3.59. The number of likely N-dealkylation sites (N-methyl/N-ethyl adjacent to an activating group) is 1. The molecule has 0 saturated heterocycles. The Bertz CT molecular complexity index is 599. The Hall–Kier alpha value is -1.49. The smallest absolute Gasteiger partial charge is 0.129 e. The zero-order chi connectivity index (χ0) is 15.4. The van der Waals surface area contributed by atoms with Crippen LogP contribution in [-0.2, 0) is 6.54 Å². The van der Waals surface area contributed by atoms with Crippen molar-refractivity contribution in [3.8, 4) is 0 Å². The quantitative estimate of drug-likeness (QED) is 0.911. The Labute approximate surface area is 128 Å². The standard InChI is InChI=1S/C16H17ClF2N2/c1-21(10-11-5-2-3-7-13(11)18)15(9-20)16-12(17)6-4-8-14(16)19/h2-8,15H,9-10,20H2,1H3. The summed E-state index contributed by atoms with van der Waals surface area (Å²) in [5.41, 5.74) is 6.66. The highest BCUT2D eigenvalue weighted by Gasteiger charge is 2.22. The van der Waals surface area contributed by atoms with Gasteiger partial charge < -0.3 is 5.73 Å². The van der Waals surface area contributed by atoms with Gasteiger partial charge in [-0.2, -0.15) is 0 Å². The van der Waals surface area contributed by atoms with Gasteiger partial charge in [-0.05, 0) is 25.2 Å². The van der Waals surface area contributed by atoms with Crippen LogP contribution >= 0.6 is 11.6 Å². The van der Waals surface area contributed by atoms with Crippen molar-refractivity contribution in [2.75, 3.05) is 13.6 Å². The first-order valence-electron chi connectivity index (χ1n) is 6.62. The van der Waals surface area contributed by atoms with E-state index in [1.165, 1.54) is 12.1 Å². The molecule has 0 aromatic heterocycles. The minimum absolute atomic E-state index is 0.186. The second kappa shape index (κ2) is 6.98. The van der Waals surface area contributed by atoms with Crippen molar-refractivity contribution in [2.24, 2.45) is 5.73 Å². The largest absolute Gasteiger partial charge is 0.329 e. The maximum Gasteiger partial charge on any atom is 0.129 e. The van der Waals surface area contributed by atoms with E-state index in [1.54, 1.807) is 42.3 Å². The minimum atomic E-state index is -0.418. The van der Waals surface area contributed by atoms with Crippen molar-refractivity contribution in [1.29, 1.82) is 0 Å². The first-order chi connectivity index (χ1) is 10.0. The van der Waals surface area contributed by atoms with Gasteiger partial charge in [0.2, 0.25) is 0 Å². The molecule has 5 heteroatoms. The SMILES string of the molecule is CN(Cc1ccccc1F)C(CN)c1c(F)cccc1Cl. The molecule has 1 unspecified atom stereocenters. The Kier molecular flexibility index (Phi) is 5.28. The van der Waals surface area contributed by atoms with Crippen LogP contribution in [0, 0.1) is 11.6 Å². The van der Waals surface area contributed by atoms with E-state index in [0.29, 0.717) is 22.7 Å². The van der Waals surface area contributed by atoms with E-state index < -0.39 is 11.9 Å². The molecule has 2 N–H and O–H groups in total. The van der Waals surface area contributed by atoms with Gasteiger partial charge in [-0.1, -0.05) is 35.9 Å². The lowest BCUT2D eigenvalue weighted by Gasteiger charge is -2.28. The fraction of sp³-hybridized carbons (Fsp3) is 0.250. The normalized spacial score (nSPS) is 12.7. The number of nitrogens with two attached hydrogens (primary N) is 1. The molecule has 0 aliphatic rings. The summed E-state index contributed by atoms with van der Waals surface area (Å²) < 4.78 is 27.7. The lowest BCUT2D eigenvalue weighted by molar-refractivity contribution is 0.234. The highest BCUT2D eigenvalue weighted by Crippen LogP contribution is 2.29. The number of hydrogen-bond donors (Lipinski definition) is 1. The fourth-order valence-electron chi connectivity index (χ4n) is 2.35. The van der Waals surface area contributed by atoms with Gasteiger partial charge in [0.1, 0.15) is 11.6 Å². The van der Waals surface area contributed by atoms with Crippen LogP contribution in [0.5, 0.6) is 0 Å². The van der Waals surface area contributed by atoms with Gasteiger partial charge in [0.25, 0.3) is 0 Å². The lowest BCUT2D eigenvalue weighted by atomic mass is 10.0. The van der Waals surface area contributed by atoms with Gasteiger partial charge in [0.15, 0.2) is 0 Å². The molecule has 0 saturated carbocycles. The summed E-state index contributed by atoms with van der Waals surface area (Å²) in [5, 5.41) is 0.325. The molecule has 0 heterocycles. The second-order valence-corrected chi connectivity index (χ2v) is 5.30. The van der Waals surface area contributed by atoms with Crippen LogP contribution in [0.15, 0.2) is 42.5 Å². The van der Waals surface area contributed by atoms with Crippen molar-refractivity contribution in [1.82, 2.24) is 4.90 Å². The number of nitrogens with zero attached hydrogens (tertiary/aromatic N) is 1. The van der Waals surface area contributed by atoms with Crippen LogP contribution in [0.1, 0.15) is 17.2 Å². The van der Waals surface area contributed by atoms with Gasteiger partial charge in [-0.25, -0.2) is 8.78 Å². The molecule has 112 valence electrons. The van der Waals surface area contributed by atoms with Crippen molar-refractivity contribution < 1.29 is 8.78 Å². The molecule has 0 amide bonds. The maximum atomic E-state index is 14.0. The van der Waals surface area contributed by atoms with Gasteiger partial charge >= 0.3 is 0 Å². The van der Waals surface area contributed by atoms with Crippen LogP contribution < -0.4 is 5.73 Å². The molecule has 0 bridgehead atoms. The monoisotopic (exact) mass is 310 g/mol. The van der Waals surface area contributed by atoms with Crippen LogP contribution in [-0.4, -0.2) is 18.5 Å². The molecule has 2 nitrogen and oxygen atoms in total. The Balaban J connectivity index is 2.27. The summed E-state index contributed by atoms with van der Waals surface area (Å²) in [6, 6.07) is 10.6. The maximum absolute atomic E-state index is 14.0. The zero-order valence-electron chi connectivity index (χ0n) is 11.7. The van der Waals surface area contributed by atoms with Crippen LogP contribution in [0.25, 0.3) is 0 Å². The number of benzene rings is 2. The highest BCUT2D eigenvalue weighted by atomic mass is 35.5. The van der Waals surface area contributed by atoms with Crippen molar-refractivity contribution in [3.63, 3.8) is 0 Å². The summed E-state index contributed by atoms with van der Waals surface area (Å²) in [7, 11) is 1.77. The Morgan fingerprint density at radius 1 is 1.10 bits per heavy atom. The van der Waals surface area contributed by atoms with E-state index in [4.69, 9.17) is 17.3 Å². The van der Waals surface area contributed by atoms with Gasteiger partial charge in [0.05, 0.1) is 6.04 Å². The Morgan fingerprint density at radius 3 is 2.38 bits per heavy atom. The summed E-state index contributed by atoms with van der Waals surface area (Å²) in [6.45, 7) is 0.505. The molecular formula is C16H17ClF2N2. The highest BCUT2D eigenvalue weighted by molar-refractivity contribution is 6.31. The summed E-state index contributed by atoms with van der Waals surface area (Å²) in [4.78, 5) is 1.79. The van der Waals surface area contributed by atoms with E-state index in [9.17, 15) is 8.78 Å². The van der Waals surface area contributed by atoms with E-state index in [-0.39, 0.29) is 12.4 Å². The summed E-state index contributed by atoms with van der Waals surface area (Å²) in [6.07, 6.45) is 0. The van der Waals surface area contributed by atoms with E-state index >= 15 is 0 Å². The second-order valence-electron chi connectivity index (χ2n) is 4.89. The molecule has 0 spiro atoms. The minimum Gasteiger partial charge on any atom is -0.329 e. The van der Waals surface area contributed by atoms with E-state index in [0.717, 1.165) is 0 Å². The van der Waals surface area contributed by atoms with Crippen LogP contribution in [0.3, 0.4) is 0 Å². The first-order valence-corrected chi connectivity index (χ1v) is 7.00. The summed E-state index contributed by atoms with van der Waals surface area (Å²) >= 11 is 6.09.